The molecule has 0 bridgehead atoms. The molecule has 1 aliphatic heterocycles. The van der Waals surface area contributed by atoms with E-state index in [1.807, 2.05) is 6.92 Å². The van der Waals surface area contributed by atoms with Crippen LogP contribution in [-0.2, 0) is 27.8 Å². The molecule has 6 N–H and O–H groups in total. The molecular formula is C35H44N10O9S. The van der Waals surface area contributed by atoms with Gasteiger partial charge >= 0.3 is 6.09 Å². The predicted molar refractivity (Wildman–Crippen MR) is 202 cm³/mol. The van der Waals surface area contributed by atoms with Gasteiger partial charge in [-0.3, -0.25) is 29.7 Å². The molecule has 20 heteroatoms. The maximum Gasteiger partial charge on any atom is 0.410 e. The molecule has 0 saturated carbocycles. The number of nitro benzene ring substituents is 1. The molecule has 1 fully saturated rings. The number of hydrogen-bond donors (Lipinski definition) is 4. The van der Waals surface area contributed by atoms with Gasteiger partial charge in [-0.2, -0.15) is 5.10 Å². The average molecular weight is 781 g/mol. The summed E-state index contributed by atoms with van der Waals surface area (Å²) in [6, 6.07) is 8.21. The van der Waals surface area contributed by atoms with Gasteiger partial charge in [-0.1, -0.05) is 12.2 Å². The lowest BCUT2D eigenvalue weighted by molar-refractivity contribution is -0.384. The number of allylic oxidation sites excluding steroid dienone is 1. The maximum absolute atomic E-state index is 13.3. The highest BCUT2D eigenvalue weighted by Gasteiger charge is 2.33. The number of aromatic nitrogens is 4. The highest BCUT2D eigenvalue weighted by Crippen LogP contribution is 2.36. The minimum atomic E-state index is -4.03. The average Bonchev–Trinajstić information content (AvgIpc) is 3.62. The lowest BCUT2D eigenvalue weighted by Gasteiger charge is -2.39. The molecule has 4 aromatic rings. The molecule has 0 atom stereocenters. The molecule has 19 nitrogen and oxygen atoms in total. The number of amides is 3. The summed E-state index contributed by atoms with van der Waals surface area (Å²) in [6.45, 7) is 10.7. The van der Waals surface area contributed by atoms with Crippen molar-refractivity contribution in [3.8, 4) is 5.75 Å². The monoisotopic (exact) mass is 780 g/mol. The first kappa shape index (κ1) is 40.2. The van der Waals surface area contributed by atoms with Gasteiger partial charge in [0.2, 0.25) is 21.9 Å². The van der Waals surface area contributed by atoms with Crippen molar-refractivity contribution in [1.82, 2.24) is 24.2 Å². The standard InChI is InChI=1S/C35H44N10O9S/c1-6-44-28(15-21(2)41-44)32(47)40-33-39-25-18-24(55(37,51)52)9-10-26(25)43(33)13-8-7-12-38-30-27(45(49)50)16-23(31(36)46)17-29(30)53-14-11-22-19-42(20-22)34(48)54-35(3,4)5/h7-10,15-18,22,38H,6,11-14,19-20H2,1-5H3,(H2,36,46)(H2,37,51,52)(H,39,40,47)/b8-7+. The molecule has 1 aliphatic rings. The number of carbonyl (C=O) groups is 3. The zero-order chi connectivity index (χ0) is 40.2. The Labute approximate surface area is 316 Å². The zero-order valence-electron chi connectivity index (χ0n) is 31.1. The van der Waals surface area contributed by atoms with Crippen LogP contribution in [0, 0.1) is 23.0 Å². The van der Waals surface area contributed by atoms with E-state index >= 15 is 0 Å². The largest absolute Gasteiger partial charge is 0.491 e. The van der Waals surface area contributed by atoms with Crippen molar-refractivity contribution in [3.05, 3.63) is 75.6 Å². The van der Waals surface area contributed by atoms with Crippen molar-refractivity contribution in [2.24, 2.45) is 16.8 Å². The molecular weight excluding hydrogens is 737 g/mol. The normalized spacial score (nSPS) is 13.5. The summed E-state index contributed by atoms with van der Waals surface area (Å²) >= 11 is 0. The molecule has 0 radical (unpaired) electrons. The number of nitro groups is 1. The predicted octanol–water partition coefficient (Wildman–Crippen LogP) is 3.77. The molecule has 2 aromatic heterocycles. The Balaban J connectivity index is 1.32. The van der Waals surface area contributed by atoms with Gasteiger partial charge in [-0.05, 0) is 77.3 Å². The van der Waals surface area contributed by atoms with Crippen LogP contribution in [0.5, 0.6) is 5.75 Å². The van der Waals surface area contributed by atoms with Gasteiger partial charge in [0.1, 0.15) is 17.0 Å². The van der Waals surface area contributed by atoms with E-state index < -0.39 is 44.1 Å². The minimum Gasteiger partial charge on any atom is -0.491 e. The SMILES string of the molecule is CCn1nc(C)cc1C(=O)Nc1nc2cc(S(N)(=O)=O)ccc2n1C/C=C/CNc1c(OCCC2CN(C(=O)OC(C)(C)C)C2)cc(C(N)=O)cc1[N+](=O)[O-]. The van der Waals surface area contributed by atoms with Gasteiger partial charge in [0, 0.05) is 44.4 Å². The molecule has 3 amide bonds. The fourth-order valence-corrected chi connectivity index (χ4v) is 6.40. The fraction of sp³-hybridized carbons (Fsp3) is 0.400. The summed E-state index contributed by atoms with van der Waals surface area (Å²) in [4.78, 5) is 55.0. The van der Waals surface area contributed by atoms with Gasteiger partial charge < -0.3 is 30.0 Å². The first-order chi connectivity index (χ1) is 25.8. The Morgan fingerprint density at radius 1 is 1.13 bits per heavy atom. The Hall–Kier alpha value is -6.02. The third kappa shape index (κ3) is 9.75. The molecule has 2 aromatic carbocycles. The quantitative estimate of drug-likeness (QED) is 0.0763. The van der Waals surface area contributed by atoms with Crippen LogP contribution >= 0.6 is 0 Å². The van der Waals surface area contributed by atoms with Crippen LogP contribution in [0.15, 0.2) is 53.4 Å². The summed E-state index contributed by atoms with van der Waals surface area (Å²) in [5.41, 5.74) is 6.08. The number of ether oxygens (including phenoxy) is 2. The number of primary amides is 1. The van der Waals surface area contributed by atoms with E-state index in [4.69, 9.17) is 20.3 Å². The Morgan fingerprint density at radius 3 is 2.49 bits per heavy atom. The summed E-state index contributed by atoms with van der Waals surface area (Å²) in [7, 11) is -4.03. The number of primary sulfonamides is 1. The number of nitrogens with zero attached hydrogens (tertiary/aromatic N) is 6. The van der Waals surface area contributed by atoms with Gasteiger partial charge in [-0.15, -0.1) is 0 Å². The van der Waals surface area contributed by atoms with Crippen LogP contribution < -0.4 is 26.2 Å². The van der Waals surface area contributed by atoms with Crippen LogP contribution in [0.3, 0.4) is 0 Å². The maximum atomic E-state index is 13.3. The number of hydrogen-bond acceptors (Lipinski definition) is 12. The van der Waals surface area contributed by atoms with Crippen LogP contribution in [-0.4, -0.2) is 87.3 Å². The second-order valence-electron chi connectivity index (χ2n) is 13.9. The highest BCUT2D eigenvalue weighted by molar-refractivity contribution is 7.89. The summed E-state index contributed by atoms with van der Waals surface area (Å²) in [5, 5.41) is 27.6. The van der Waals surface area contributed by atoms with Gasteiger partial charge in [0.25, 0.3) is 11.6 Å². The Morgan fingerprint density at radius 2 is 1.85 bits per heavy atom. The number of sulfonamides is 1. The first-order valence-corrected chi connectivity index (χ1v) is 18.9. The van der Waals surface area contributed by atoms with E-state index in [-0.39, 0.29) is 59.0 Å². The van der Waals surface area contributed by atoms with Crippen molar-refractivity contribution >= 4 is 56.3 Å². The molecule has 0 spiro atoms. The molecule has 5 rings (SSSR count). The molecule has 1 saturated heterocycles. The number of imidazole rings is 1. The smallest absolute Gasteiger partial charge is 0.410 e. The molecule has 0 unspecified atom stereocenters. The lowest BCUT2D eigenvalue weighted by atomic mass is 9.97. The van der Waals surface area contributed by atoms with E-state index in [0.29, 0.717) is 43.0 Å². The van der Waals surface area contributed by atoms with Crippen molar-refractivity contribution in [2.45, 2.75) is 64.6 Å². The number of carbonyl (C=O) groups excluding carboxylic acids is 3. The second-order valence-corrected chi connectivity index (χ2v) is 15.5. The minimum absolute atomic E-state index is 0.0306. The number of fused-ring (bicyclic) bond motifs is 1. The van der Waals surface area contributed by atoms with Gasteiger partial charge in [0.05, 0.1) is 33.2 Å². The van der Waals surface area contributed by atoms with Crippen molar-refractivity contribution in [1.29, 1.82) is 0 Å². The van der Waals surface area contributed by atoms with Crippen LogP contribution in [0.2, 0.25) is 0 Å². The number of nitrogens with one attached hydrogen (secondary N) is 2. The molecule has 294 valence electrons. The van der Waals surface area contributed by atoms with Crippen LogP contribution in [0.25, 0.3) is 11.0 Å². The Kier molecular flexibility index (Phi) is 11.8. The van der Waals surface area contributed by atoms with Crippen LogP contribution in [0.4, 0.5) is 22.1 Å². The topological polar surface area (TPSA) is 262 Å². The van der Waals surface area contributed by atoms with Crippen molar-refractivity contribution in [3.63, 3.8) is 0 Å². The number of benzene rings is 2. The summed E-state index contributed by atoms with van der Waals surface area (Å²) < 4.78 is 38.6. The van der Waals surface area contributed by atoms with E-state index in [2.05, 4.69) is 20.7 Å². The van der Waals surface area contributed by atoms with Crippen LogP contribution in [0.1, 0.15) is 60.7 Å². The van der Waals surface area contributed by atoms with Crippen molar-refractivity contribution < 1.29 is 37.2 Å². The number of aryl methyl sites for hydroxylation is 2. The highest BCUT2D eigenvalue weighted by atomic mass is 32.2. The van der Waals surface area contributed by atoms with Gasteiger partial charge in [-0.25, -0.2) is 23.3 Å². The van der Waals surface area contributed by atoms with E-state index in [9.17, 15) is 32.9 Å². The summed E-state index contributed by atoms with van der Waals surface area (Å²) in [6.07, 6.45) is 3.53. The third-order valence-corrected chi connectivity index (χ3v) is 9.43. The number of likely N-dealkylation sites (tertiary alicyclic amines) is 1. The van der Waals surface area contributed by atoms with Crippen molar-refractivity contribution in [2.75, 3.05) is 36.9 Å². The number of nitrogens with two attached hydrogens (primary N) is 2. The molecule has 3 heterocycles. The van der Waals surface area contributed by atoms with E-state index in [1.165, 1.54) is 24.3 Å². The Bertz CT molecular complexity index is 2270. The molecule has 55 heavy (non-hydrogen) atoms. The lowest BCUT2D eigenvalue weighted by Crippen LogP contribution is -2.51. The zero-order valence-corrected chi connectivity index (χ0v) is 31.9. The van der Waals surface area contributed by atoms with E-state index in [1.54, 1.807) is 60.1 Å². The van der Waals surface area contributed by atoms with E-state index in [0.717, 1.165) is 6.07 Å². The molecule has 0 aliphatic carbocycles. The number of rotatable bonds is 15. The second kappa shape index (κ2) is 16.1. The van der Waals surface area contributed by atoms with Gasteiger partial charge in [0.15, 0.2) is 5.69 Å². The third-order valence-electron chi connectivity index (χ3n) is 8.51. The first-order valence-electron chi connectivity index (χ1n) is 17.3. The number of anilines is 2. The fourth-order valence-electron chi connectivity index (χ4n) is 5.87. The summed E-state index contributed by atoms with van der Waals surface area (Å²) in [5.74, 6) is -1.04.